The fourth-order valence-corrected chi connectivity index (χ4v) is 3.23. The van der Waals surface area contributed by atoms with E-state index in [9.17, 15) is 0 Å². The number of H-pyrrole nitrogens is 1. The van der Waals surface area contributed by atoms with Crippen molar-refractivity contribution in [2.45, 2.75) is 25.1 Å². The molecular formula is C16H24N4O. The van der Waals surface area contributed by atoms with Crippen LogP contribution in [0.5, 0.6) is 0 Å². The number of methoxy groups -OCH3 is 1. The summed E-state index contributed by atoms with van der Waals surface area (Å²) in [5.41, 5.74) is 2.43. The molecule has 0 saturated carbocycles. The Labute approximate surface area is 125 Å². The van der Waals surface area contributed by atoms with Crippen LogP contribution in [0.3, 0.4) is 0 Å². The van der Waals surface area contributed by atoms with Crippen molar-refractivity contribution in [1.82, 2.24) is 20.0 Å². The summed E-state index contributed by atoms with van der Waals surface area (Å²) >= 11 is 0. The summed E-state index contributed by atoms with van der Waals surface area (Å²) in [5, 5.41) is 8.27. The number of likely N-dealkylation sites (N-methyl/N-ethyl adjacent to an activating group) is 2. The Morgan fingerprint density at radius 2 is 2.33 bits per heavy atom. The van der Waals surface area contributed by atoms with Crippen LogP contribution >= 0.6 is 0 Å². The number of fused-ring (bicyclic) bond motifs is 1. The maximum absolute atomic E-state index is 5.48. The summed E-state index contributed by atoms with van der Waals surface area (Å²) in [6, 6.07) is 7.08. The summed E-state index contributed by atoms with van der Waals surface area (Å²) in [6.45, 7) is 3.06. The largest absolute Gasteiger partial charge is 0.380 e. The number of hydrogen-bond acceptors (Lipinski definition) is 4. The van der Waals surface area contributed by atoms with Crippen molar-refractivity contribution in [2.75, 3.05) is 34.3 Å². The molecule has 0 amide bonds. The molecule has 0 radical (unpaired) electrons. The van der Waals surface area contributed by atoms with Crippen LogP contribution in [-0.4, -0.2) is 66.4 Å². The number of nitrogens with zero attached hydrogens (tertiary/aromatic N) is 3. The number of hydrogen-bond donors (Lipinski definition) is 1. The number of aromatic nitrogens is 2. The molecule has 0 bridgehead atoms. The summed E-state index contributed by atoms with van der Waals surface area (Å²) in [7, 11) is 6.18. The molecule has 2 aromatic rings. The van der Waals surface area contributed by atoms with Gasteiger partial charge in [0.2, 0.25) is 0 Å². The lowest BCUT2D eigenvalue weighted by Gasteiger charge is -2.25. The lowest BCUT2D eigenvalue weighted by Crippen LogP contribution is -2.36. The molecule has 1 aromatic heterocycles. The summed E-state index contributed by atoms with van der Waals surface area (Å²) in [6.07, 6.45) is 3.37. The van der Waals surface area contributed by atoms with Gasteiger partial charge in [-0.2, -0.15) is 5.10 Å². The topological polar surface area (TPSA) is 44.4 Å². The molecule has 21 heavy (non-hydrogen) atoms. The highest BCUT2D eigenvalue weighted by molar-refractivity contribution is 5.78. The molecular weight excluding hydrogens is 264 g/mol. The highest BCUT2D eigenvalue weighted by Gasteiger charge is 2.29. The van der Waals surface area contributed by atoms with E-state index in [0.29, 0.717) is 12.1 Å². The molecule has 1 aliphatic heterocycles. The third kappa shape index (κ3) is 3.26. The van der Waals surface area contributed by atoms with E-state index in [-0.39, 0.29) is 0 Å². The fraction of sp³-hybridized carbons (Fsp3) is 0.562. The first-order chi connectivity index (χ1) is 10.2. The Morgan fingerprint density at radius 1 is 1.48 bits per heavy atom. The van der Waals surface area contributed by atoms with E-state index in [1.807, 2.05) is 13.3 Å². The fourth-order valence-electron chi connectivity index (χ4n) is 3.23. The van der Waals surface area contributed by atoms with E-state index in [4.69, 9.17) is 4.74 Å². The molecule has 1 aromatic carbocycles. The van der Waals surface area contributed by atoms with Crippen molar-refractivity contribution in [1.29, 1.82) is 0 Å². The maximum Gasteiger partial charge on any atom is 0.0713 e. The highest BCUT2D eigenvalue weighted by Crippen LogP contribution is 2.20. The molecule has 1 fully saturated rings. The second kappa shape index (κ2) is 6.13. The van der Waals surface area contributed by atoms with Crippen molar-refractivity contribution >= 4 is 10.9 Å². The van der Waals surface area contributed by atoms with Crippen molar-refractivity contribution in [2.24, 2.45) is 0 Å². The van der Waals surface area contributed by atoms with Crippen LogP contribution in [0.15, 0.2) is 24.4 Å². The Kier molecular flexibility index (Phi) is 4.24. The molecule has 3 rings (SSSR count). The molecule has 2 heterocycles. The van der Waals surface area contributed by atoms with Gasteiger partial charge in [0.1, 0.15) is 0 Å². The van der Waals surface area contributed by atoms with Gasteiger partial charge >= 0.3 is 0 Å². The van der Waals surface area contributed by atoms with Crippen LogP contribution in [0.25, 0.3) is 10.9 Å². The van der Waals surface area contributed by atoms with E-state index in [2.05, 4.69) is 52.3 Å². The molecule has 0 aliphatic carbocycles. The van der Waals surface area contributed by atoms with Gasteiger partial charge in [-0.25, -0.2) is 0 Å². The molecule has 5 heteroatoms. The molecule has 2 atom stereocenters. The number of aromatic amines is 1. The average Bonchev–Trinajstić information content (AvgIpc) is 3.05. The summed E-state index contributed by atoms with van der Waals surface area (Å²) in [5.74, 6) is 0. The van der Waals surface area contributed by atoms with Gasteiger partial charge in [-0.1, -0.05) is 12.1 Å². The Morgan fingerprint density at radius 3 is 3.10 bits per heavy atom. The zero-order valence-corrected chi connectivity index (χ0v) is 13.0. The third-order valence-electron chi connectivity index (χ3n) is 4.46. The Balaban J connectivity index is 1.59. The maximum atomic E-state index is 5.48. The molecule has 1 saturated heterocycles. The van der Waals surface area contributed by atoms with Gasteiger partial charge in [0.25, 0.3) is 0 Å². The standard InChI is InChI=1S/C16H24N4O/c1-19(10-14-7-15(21-3)11-20(14)2)9-12-4-5-13-8-17-18-16(13)6-12/h4-6,8,14-15H,7,9-11H2,1-3H3,(H,17,18). The molecule has 5 nitrogen and oxygen atoms in total. The van der Waals surface area contributed by atoms with Crippen LogP contribution in [0, 0.1) is 0 Å². The van der Waals surface area contributed by atoms with E-state index in [0.717, 1.165) is 31.6 Å². The van der Waals surface area contributed by atoms with E-state index in [1.165, 1.54) is 10.9 Å². The van der Waals surface area contributed by atoms with Crippen molar-refractivity contribution < 1.29 is 4.74 Å². The van der Waals surface area contributed by atoms with Crippen LogP contribution in [0.1, 0.15) is 12.0 Å². The van der Waals surface area contributed by atoms with Crippen LogP contribution in [-0.2, 0) is 11.3 Å². The predicted molar refractivity (Wildman–Crippen MR) is 84.3 cm³/mol. The first kappa shape index (κ1) is 14.5. The minimum Gasteiger partial charge on any atom is -0.380 e. The van der Waals surface area contributed by atoms with Crippen LogP contribution < -0.4 is 0 Å². The summed E-state index contributed by atoms with van der Waals surface area (Å²) < 4.78 is 5.48. The molecule has 1 N–H and O–H groups in total. The normalized spacial score (nSPS) is 23.4. The van der Waals surface area contributed by atoms with Gasteiger partial charge in [-0.15, -0.1) is 0 Å². The van der Waals surface area contributed by atoms with Gasteiger partial charge in [-0.05, 0) is 32.1 Å². The SMILES string of the molecule is COC1CC(CN(C)Cc2ccc3cn[nH]c3c2)N(C)C1. The minimum atomic E-state index is 0.384. The van der Waals surface area contributed by atoms with Crippen molar-refractivity contribution in [3.63, 3.8) is 0 Å². The first-order valence-corrected chi connectivity index (χ1v) is 7.49. The third-order valence-corrected chi connectivity index (χ3v) is 4.46. The zero-order valence-electron chi connectivity index (χ0n) is 13.0. The number of benzene rings is 1. The highest BCUT2D eigenvalue weighted by atomic mass is 16.5. The van der Waals surface area contributed by atoms with Gasteiger partial charge in [-0.3, -0.25) is 10.00 Å². The Bertz CT molecular complexity index is 597. The lowest BCUT2D eigenvalue weighted by atomic mass is 10.1. The van der Waals surface area contributed by atoms with Crippen molar-refractivity contribution in [3.8, 4) is 0 Å². The monoisotopic (exact) mass is 288 g/mol. The predicted octanol–water partition coefficient (Wildman–Crippen LogP) is 1.71. The number of nitrogens with one attached hydrogen (secondary N) is 1. The lowest BCUT2D eigenvalue weighted by molar-refractivity contribution is 0.111. The minimum absolute atomic E-state index is 0.384. The van der Waals surface area contributed by atoms with Crippen LogP contribution in [0.2, 0.25) is 0 Å². The molecule has 2 unspecified atom stereocenters. The second-order valence-corrected chi connectivity index (χ2v) is 6.18. The van der Waals surface area contributed by atoms with Crippen molar-refractivity contribution in [3.05, 3.63) is 30.0 Å². The van der Waals surface area contributed by atoms with E-state index >= 15 is 0 Å². The van der Waals surface area contributed by atoms with Crippen LogP contribution in [0.4, 0.5) is 0 Å². The van der Waals surface area contributed by atoms with E-state index < -0.39 is 0 Å². The average molecular weight is 288 g/mol. The number of ether oxygens (including phenoxy) is 1. The smallest absolute Gasteiger partial charge is 0.0713 e. The van der Waals surface area contributed by atoms with E-state index in [1.54, 1.807) is 0 Å². The number of rotatable bonds is 5. The van der Waals surface area contributed by atoms with Gasteiger partial charge in [0, 0.05) is 38.2 Å². The molecule has 1 aliphatic rings. The number of likely N-dealkylation sites (tertiary alicyclic amines) is 1. The summed E-state index contributed by atoms with van der Waals surface area (Å²) in [4.78, 5) is 4.79. The molecule has 114 valence electrons. The van der Waals surface area contributed by atoms with Gasteiger partial charge in [0.05, 0.1) is 17.8 Å². The van der Waals surface area contributed by atoms with Gasteiger partial charge in [0.15, 0.2) is 0 Å². The molecule has 0 spiro atoms. The van der Waals surface area contributed by atoms with Gasteiger partial charge < -0.3 is 9.64 Å². The second-order valence-electron chi connectivity index (χ2n) is 6.18. The zero-order chi connectivity index (χ0) is 14.8. The Hall–Kier alpha value is -1.43. The first-order valence-electron chi connectivity index (χ1n) is 7.49. The quantitative estimate of drug-likeness (QED) is 0.910.